The van der Waals surface area contributed by atoms with E-state index in [1.165, 1.54) is 12.8 Å². The number of carbonyl (C=O) groups excluding carboxylic acids is 1. The van der Waals surface area contributed by atoms with Crippen LogP contribution in [0, 0.1) is 5.92 Å². The molecule has 0 radical (unpaired) electrons. The lowest BCUT2D eigenvalue weighted by atomic mass is 9.74. The topological polar surface area (TPSA) is 20.3 Å². The number of Topliss-reactive ketones (excluding diaryl/α,β-unsaturated/α-hetero) is 1. The van der Waals surface area contributed by atoms with Gasteiger partial charge in [0.05, 0.1) is 5.54 Å². The molecular formula is C13H23NO. The fourth-order valence-corrected chi connectivity index (χ4v) is 3.62. The van der Waals surface area contributed by atoms with Gasteiger partial charge >= 0.3 is 0 Å². The van der Waals surface area contributed by atoms with Gasteiger partial charge in [-0.05, 0) is 32.6 Å². The number of nitrogens with zero attached hydrogens (tertiary/aromatic N) is 1. The molecule has 2 aliphatic rings. The molecule has 1 aliphatic heterocycles. The predicted octanol–water partition coefficient (Wildman–Crippen LogP) is 2.62. The first-order chi connectivity index (χ1) is 7.06. The van der Waals surface area contributed by atoms with Gasteiger partial charge in [0.25, 0.3) is 0 Å². The summed E-state index contributed by atoms with van der Waals surface area (Å²) in [6.45, 7) is 7.73. The molecule has 2 fully saturated rings. The summed E-state index contributed by atoms with van der Waals surface area (Å²) >= 11 is 0. The van der Waals surface area contributed by atoms with E-state index in [-0.39, 0.29) is 5.54 Å². The van der Waals surface area contributed by atoms with E-state index in [2.05, 4.69) is 25.7 Å². The van der Waals surface area contributed by atoms with Crippen LogP contribution >= 0.6 is 0 Å². The van der Waals surface area contributed by atoms with Crippen LogP contribution in [0.15, 0.2) is 0 Å². The summed E-state index contributed by atoms with van der Waals surface area (Å²) < 4.78 is 0. The average molecular weight is 209 g/mol. The Labute approximate surface area is 93.0 Å². The molecule has 0 amide bonds. The standard InChI is InChI=1S/C13H23NO/c1-10(2)14-8-6-12(15)13(14)7-4-5-11(3)9-13/h10-11H,4-9H2,1-3H3. The Bertz CT molecular complexity index is 261. The zero-order valence-electron chi connectivity index (χ0n) is 10.3. The molecule has 0 bridgehead atoms. The van der Waals surface area contributed by atoms with Crippen LogP contribution in [0.5, 0.6) is 0 Å². The third-order valence-electron chi connectivity index (χ3n) is 4.25. The van der Waals surface area contributed by atoms with Gasteiger partial charge in [-0.1, -0.05) is 19.8 Å². The third-order valence-corrected chi connectivity index (χ3v) is 4.25. The van der Waals surface area contributed by atoms with Gasteiger partial charge < -0.3 is 0 Å². The van der Waals surface area contributed by atoms with Crippen LogP contribution < -0.4 is 0 Å². The van der Waals surface area contributed by atoms with E-state index in [9.17, 15) is 4.79 Å². The maximum atomic E-state index is 12.2. The van der Waals surface area contributed by atoms with Crippen molar-refractivity contribution in [3.05, 3.63) is 0 Å². The molecule has 2 nitrogen and oxygen atoms in total. The molecule has 1 heterocycles. The Kier molecular flexibility index (Phi) is 2.89. The summed E-state index contributed by atoms with van der Waals surface area (Å²) in [6, 6.07) is 0.516. The molecule has 86 valence electrons. The minimum Gasteiger partial charge on any atom is -0.298 e. The molecule has 1 saturated carbocycles. The lowest BCUT2D eigenvalue weighted by Gasteiger charge is -2.44. The number of rotatable bonds is 1. The summed E-state index contributed by atoms with van der Waals surface area (Å²) in [6.07, 6.45) is 5.53. The van der Waals surface area contributed by atoms with E-state index < -0.39 is 0 Å². The first-order valence-electron chi connectivity index (χ1n) is 6.36. The van der Waals surface area contributed by atoms with Crippen molar-refractivity contribution in [2.45, 2.75) is 64.5 Å². The van der Waals surface area contributed by atoms with E-state index in [0.717, 1.165) is 31.7 Å². The van der Waals surface area contributed by atoms with E-state index in [1.807, 2.05) is 0 Å². The second kappa shape index (κ2) is 3.89. The molecule has 0 N–H and O–H groups in total. The van der Waals surface area contributed by atoms with Crippen molar-refractivity contribution in [2.24, 2.45) is 5.92 Å². The number of ketones is 1. The quantitative estimate of drug-likeness (QED) is 0.661. The molecule has 0 aromatic rings. The first-order valence-corrected chi connectivity index (χ1v) is 6.36. The molecule has 1 aliphatic carbocycles. The fourth-order valence-electron chi connectivity index (χ4n) is 3.62. The molecule has 2 atom stereocenters. The van der Waals surface area contributed by atoms with Crippen LogP contribution in [0.3, 0.4) is 0 Å². The molecule has 15 heavy (non-hydrogen) atoms. The van der Waals surface area contributed by atoms with Crippen LogP contribution in [-0.4, -0.2) is 28.8 Å². The normalized spacial score (nSPS) is 38.1. The van der Waals surface area contributed by atoms with Gasteiger partial charge in [-0.15, -0.1) is 0 Å². The molecule has 2 unspecified atom stereocenters. The number of likely N-dealkylation sites (tertiary alicyclic amines) is 1. The maximum Gasteiger partial charge on any atom is 0.154 e. The monoisotopic (exact) mass is 209 g/mol. The molecule has 1 spiro atoms. The van der Waals surface area contributed by atoms with Crippen molar-refractivity contribution in [1.29, 1.82) is 0 Å². The van der Waals surface area contributed by atoms with Gasteiger partial charge in [0.15, 0.2) is 5.78 Å². The number of hydrogen-bond acceptors (Lipinski definition) is 2. The van der Waals surface area contributed by atoms with E-state index in [4.69, 9.17) is 0 Å². The van der Waals surface area contributed by atoms with Crippen molar-refractivity contribution >= 4 is 5.78 Å². The minimum atomic E-state index is -0.0637. The van der Waals surface area contributed by atoms with Crippen molar-refractivity contribution in [3.63, 3.8) is 0 Å². The SMILES string of the molecule is CC1CCCC2(C1)C(=O)CCN2C(C)C. The van der Waals surface area contributed by atoms with Crippen molar-refractivity contribution in [3.8, 4) is 0 Å². The summed E-state index contributed by atoms with van der Waals surface area (Å²) in [7, 11) is 0. The fraction of sp³-hybridized carbons (Fsp3) is 0.923. The third kappa shape index (κ3) is 1.73. The zero-order chi connectivity index (χ0) is 11.1. The van der Waals surface area contributed by atoms with Crippen molar-refractivity contribution < 1.29 is 4.79 Å². The van der Waals surface area contributed by atoms with Crippen molar-refractivity contribution in [1.82, 2.24) is 4.90 Å². The van der Waals surface area contributed by atoms with E-state index in [0.29, 0.717) is 11.8 Å². The van der Waals surface area contributed by atoms with E-state index >= 15 is 0 Å². The Morgan fingerprint density at radius 2 is 2.20 bits per heavy atom. The molecule has 2 heteroatoms. The van der Waals surface area contributed by atoms with Crippen LogP contribution in [0.1, 0.15) is 52.9 Å². The van der Waals surface area contributed by atoms with Gasteiger partial charge in [0.1, 0.15) is 0 Å². The van der Waals surface area contributed by atoms with Crippen LogP contribution in [0.25, 0.3) is 0 Å². The second-order valence-corrected chi connectivity index (χ2v) is 5.69. The van der Waals surface area contributed by atoms with Gasteiger partial charge in [-0.25, -0.2) is 0 Å². The Hall–Kier alpha value is -0.370. The highest BCUT2D eigenvalue weighted by molar-refractivity contribution is 5.90. The maximum absolute atomic E-state index is 12.2. The van der Waals surface area contributed by atoms with Crippen molar-refractivity contribution in [2.75, 3.05) is 6.54 Å². The molecule has 0 aromatic heterocycles. The molecule has 0 aromatic carbocycles. The Morgan fingerprint density at radius 1 is 1.47 bits per heavy atom. The Morgan fingerprint density at radius 3 is 2.80 bits per heavy atom. The minimum absolute atomic E-state index is 0.0637. The van der Waals surface area contributed by atoms with Crippen LogP contribution in [0.2, 0.25) is 0 Å². The highest BCUT2D eigenvalue weighted by atomic mass is 16.1. The highest BCUT2D eigenvalue weighted by Gasteiger charge is 2.50. The zero-order valence-corrected chi connectivity index (χ0v) is 10.3. The lowest BCUT2D eigenvalue weighted by molar-refractivity contribution is -0.128. The molecular weight excluding hydrogens is 186 g/mol. The lowest BCUT2D eigenvalue weighted by Crippen LogP contribution is -2.53. The average Bonchev–Trinajstić information content (AvgIpc) is 2.44. The first kappa shape index (κ1) is 11.1. The Balaban J connectivity index is 2.24. The molecule has 2 rings (SSSR count). The van der Waals surface area contributed by atoms with Gasteiger partial charge in [0, 0.05) is 19.0 Å². The van der Waals surface area contributed by atoms with Gasteiger partial charge in [0.2, 0.25) is 0 Å². The van der Waals surface area contributed by atoms with E-state index in [1.54, 1.807) is 0 Å². The summed E-state index contributed by atoms with van der Waals surface area (Å²) in [4.78, 5) is 14.6. The summed E-state index contributed by atoms with van der Waals surface area (Å²) in [5.74, 6) is 1.24. The van der Waals surface area contributed by atoms with Gasteiger partial charge in [-0.3, -0.25) is 9.69 Å². The summed E-state index contributed by atoms with van der Waals surface area (Å²) in [5, 5.41) is 0. The van der Waals surface area contributed by atoms with Gasteiger partial charge in [-0.2, -0.15) is 0 Å². The smallest absolute Gasteiger partial charge is 0.154 e. The van der Waals surface area contributed by atoms with Crippen LogP contribution in [-0.2, 0) is 4.79 Å². The number of hydrogen-bond donors (Lipinski definition) is 0. The number of carbonyl (C=O) groups is 1. The largest absolute Gasteiger partial charge is 0.298 e. The van der Waals surface area contributed by atoms with Crippen LogP contribution in [0.4, 0.5) is 0 Å². The summed E-state index contributed by atoms with van der Waals surface area (Å²) in [5.41, 5.74) is -0.0637. The highest BCUT2D eigenvalue weighted by Crippen LogP contribution is 2.42. The second-order valence-electron chi connectivity index (χ2n) is 5.69. The predicted molar refractivity (Wildman–Crippen MR) is 61.8 cm³/mol. The molecule has 1 saturated heterocycles.